The molecule has 1 aromatic heterocycles. The molecule has 0 spiro atoms. The van der Waals surface area contributed by atoms with E-state index in [9.17, 15) is 9.90 Å². The fourth-order valence-corrected chi connectivity index (χ4v) is 4.89. The predicted molar refractivity (Wildman–Crippen MR) is 203 cm³/mol. The third-order valence-corrected chi connectivity index (χ3v) is 8.01. The van der Waals surface area contributed by atoms with Gasteiger partial charge in [0.1, 0.15) is 23.3 Å². The summed E-state index contributed by atoms with van der Waals surface area (Å²) in [6.45, 7) is 11.9. The molecule has 1 aliphatic carbocycles. The molecule has 11 heteroatoms. The first-order valence-electron chi connectivity index (χ1n) is 16.7. The van der Waals surface area contributed by atoms with Crippen molar-refractivity contribution >= 4 is 17.5 Å². The summed E-state index contributed by atoms with van der Waals surface area (Å²) in [5, 5.41) is 19.2. The number of hydrogen-bond donors (Lipinski definition) is 6. The van der Waals surface area contributed by atoms with Crippen LogP contribution in [0.3, 0.4) is 0 Å². The van der Waals surface area contributed by atoms with E-state index >= 15 is 0 Å². The van der Waals surface area contributed by atoms with E-state index in [1.54, 1.807) is 41.1 Å². The number of nitrogens with one attached hydrogen (secondary N) is 3. The van der Waals surface area contributed by atoms with Crippen molar-refractivity contribution in [3.05, 3.63) is 107 Å². The molecule has 0 atom stereocenters. The molecular formula is C39H54N8O3. The van der Waals surface area contributed by atoms with Crippen LogP contribution >= 0.6 is 0 Å². The Bertz CT molecular complexity index is 1670. The van der Waals surface area contributed by atoms with E-state index in [4.69, 9.17) is 16.2 Å². The first-order chi connectivity index (χ1) is 23.8. The number of pyridine rings is 1. The fourth-order valence-electron chi connectivity index (χ4n) is 4.89. The summed E-state index contributed by atoms with van der Waals surface area (Å²) in [6.07, 6.45) is 11.3. The number of carbonyl (C=O) groups excluding carboxylic acids is 1. The maximum Gasteiger partial charge on any atom is 0.150 e. The van der Waals surface area contributed by atoms with E-state index in [-0.39, 0.29) is 0 Å². The number of benzene rings is 1. The van der Waals surface area contributed by atoms with Crippen LogP contribution in [0, 0.1) is 17.8 Å². The number of para-hydroxylation sites is 1. The van der Waals surface area contributed by atoms with E-state index < -0.39 is 5.60 Å². The van der Waals surface area contributed by atoms with E-state index in [0.29, 0.717) is 46.3 Å². The monoisotopic (exact) mass is 682 g/mol. The summed E-state index contributed by atoms with van der Waals surface area (Å²) in [7, 11) is 7.25. The van der Waals surface area contributed by atoms with Crippen LogP contribution in [0.5, 0.6) is 5.75 Å². The molecular weight excluding hydrogens is 628 g/mol. The highest BCUT2D eigenvalue weighted by atomic mass is 16.5. The van der Waals surface area contributed by atoms with Crippen LogP contribution in [0.4, 0.5) is 5.69 Å². The van der Waals surface area contributed by atoms with Crippen molar-refractivity contribution in [2.45, 2.75) is 51.8 Å². The van der Waals surface area contributed by atoms with Crippen molar-refractivity contribution in [3.63, 3.8) is 0 Å². The third-order valence-electron chi connectivity index (χ3n) is 8.01. The van der Waals surface area contributed by atoms with Crippen molar-refractivity contribution in [2.24, 2.45) is 17.4 Å². The van der Waals surface area contributed by atoms with Gasteiger partial charge in [0.05, 0.1) is 47.4 Å². The van der Waals surface area contributed by atoms with Gasteiger partial charge in [-0.25, -0.2) is 4.98 Å². The largest absolute Gasteiger partial charge is 0.494 e. The molecule has 8 N–H and O–H groups in total. The summed E-state index contributed by atoms with van der Waals surface area (Å²) < 4.78 is 5.95. The lowest BCUT2D eigenvalue weighted by Crippen LogP contribution is -2.56. The average Bonchev–Trinajstić information content (AvgIpc) is 3.92. The standard InChI is InChI=1S/C35H48N8O2.C4H6O/c1-9-12-25(20-42(7)28-22-43(23-28)21-27-14-10-13-26(40-27)17-18-35(3,4)44)29-15-11-16-30(34(29)45-8)41-31(19-32(36)39-6)33(37)24(2)38-5;5-3-4-1-2-4/h9-16,19-20,28,38-39,41,44H,2,21-23,36-37H2,1,3-8H3;3-4H,1-2H2/b12-9-,25-20+,32-19+,33-31+;. The Balaban J connectivity index is 0.00000124. The number of carbonyl (C=O) groups is 1. The molecule has 2 heterocycles. The Kier molecular flexibility index (Phi) is 14.6. The van der Waals surface area contributed by atoms with Crippen LogP contribution in [-0.2, 0) is 11.3 Å². The zero-order chi connectivity index (χ0) is 36.8. The lowest BCUT2D eigenvalue weighted by Gasteiger charge is -2.43. The normalized spacial score (nSPS) is 15.8. The molecule has 0 unspecified atom stereocenters. The van der Waals surface area contributed by atoms with Crippen molar-refractivity contribution in [1.29, 1.82) is 0 Å². The number of hydrogen-bond acceptors (Lipinski definition) is 11. The Morgan fingerprint density at radius 3 is 2.44 bits per heavy atom. The molecule has 268 valence electrons. The average molecular weight is 683 g/mol. The molecule has 0 radical (unpaired) electrons. The molecule has 0 amide bonds. The summed E-state index contributed by atoms with van der Waals surface area (Å²) in [5.74, 6) is 7.35. The summed E-state index contributed by atoms with van der Waals surface area (Å²) in [6, 6.07) is 12.1. The van der Waals surface area contributed by atoms with Crippen LogP contribution in [0.15, 0.2) is 90.3 Å². The number of methoxy groups -OCH3 is 1. The summed E-state index contributed by atoms with van der Waals surface area (Å²) in [5.41, 5.74) is 17.3. The predicted octanol–water partition coefficient (Wildman–Crippen LogP) is 3.88. The van der Waals surface area contributed by atoms with Gasteiger partial charge < -0.3 is 47.0 Å². The number of nitrogens with zero attached hydrogens (tertiary/aromatic N) is 3. The first kappa shape index (κ1) is 39.3. The van der Waals surface area contributed by atoms with Crippen LogP contribution < -0.4 is 32.2 Å². The molecule has 2 fully saturated rings. The fraction of sp³-hybridized carbons (Fsp3) is 0.385. The summed E-state index contributed by atoms with van der Waals surface area (Å²) in [4.78, 5) is 18.8. The number of ether oxygens (including phenoxy) is 1. The molecule has 11 nitrogen and oxygen atoms in total. The van der Waals surface area contributed by atoms with Gasteiger partial charge in [-0.1, -0.05) is 42.9 Å². The Morgan fingerprint density at radius 2 is 1.88 bits per heavy atom. The van der Waals surface area contributed by atoms with Crippen molar-refractivity contribution in [2.75, 3.05) is 46.7 Å². The first-order valence-corrected chi connectivity index (χ1v) is 16.7. The quantitative estimate of drug-likeness (QED) is 0.0978. The molecule has 2 aliphatic rings. The second kappa shape index (κ2) is 18.5. The van der Waals surface area contributed by atoms with Gasteiger partial charge in [-0.15, -0.1) is 0 Å². The minimum absolute atomic E-state index is 0.340. The number of likely N-dealkylation sites (N-methyl/N-ethyl adjacent to an activating group) is 2. The number of aliphatic hydroxyl groups is 1. The highest BCUT2D eigenvalue weighted by molar-refractivity contribution is 5.82. The van der Waals surface area contributed by atoms with Crippen LogP contribution in [0.2, 0.25) is 0 Å². The topological polar surface area (TPSA) is 154 Å². The highest BCUT2D eigenvalue weighted by Gasteiger charge is 2.29. The molecule has 2 aromatic rings. The van der Waals surface area contributed by atoms with Gasteiger partial charge in [0.25, 0.3) is 0 Å². The van der Waals surface area contributed by atoms with Gasteiger partial charge >= 0.3 is 0 Å². The van der Waals surface area contributed by atoms with Gasteiger partial charge in [-0.2, -0.15) is 0 Å². The van der Waals surface area contributed by atoms with Gasteiger partial charge in [-0.05, 0) is 57.7 Å². The van der Waals surface area contributed by atoms with E-state index in [0.717, 1.165) is 61.3 Å². The number of aromatic nitrogens is 1. The maximum absolute atomic E-state index is 9.90. The number of nitrogens with two attached hydrogens (primary N) is 2. The molecule has 50 heavy (non-hydrogen) atoms. The van der Waals surface area contributed by atoms with E-state index in [1.165, 1.54) is 0 Å². The molecule has 1 aromatic carbocycles. The second-order valence-electron chi connectivity index (χ2n) is 12.8. The SMILES string of the molecule is C=C(NC)/C(N)=C(/C=C(\N)NC)Nc1cccc(C(/C=C\C)=C/N(C)C2CN(Cc3cccc(C#CC(C)(C)O)n3)C2)c1OC.O=CC1CC1. The van der Waals surface area contributed by atoms with Crippen LogP contribution in [0.1, 0.15) is 50.6 Å². The zero-order valence-corrected chi connectivity index (χ0v) is 30.5. The van der Waals surface area contributed by atoms with E-state index in [2.05, 4.69) is 68.5 Å². The highest BCUT2D eigenvalue weighted by Crippen LogP contribution is 2.36. The van der Waals surface area contributed by atoms with Gasteiger partial charge in [0.2, 0.25) is 0 Å². The minimum atomic E-state index is -1.05. The zero-order valence-electron chi connectivity index (χ0n) is 30.5. The van der Waals surface area contributed by atoms with Gasteiger partial charge in [-0.3, -0.25) is 4.90 Å². The minimum Gasteiger partial charge on any atom is -0.494 e. The Labute approximate surface area is 297 Å². The number of aldehydes is 1. The second-order valence-corrected chi connectivity index (χ2v) is 12.8. The Hall–Kier alpha value is -5.18. The smallest absolute Gasteiger partial charge is 0.150 e. The molecule has 1 saturated heterocycles. The number of anilines is 1. The van der Waals surface area contributed by atoms with Crippen LogP contribution in [-0.4, -0.2) is 79.2 Å². The van der Waals surface area contributed by atoms with Crippen LogP contribution in [0.25, 0.3) is 5.57 Å². The summed E-state index contributed by atoms with van der Waals surface area (Å²) >= 11 is 0. The molecule has 1 saturated carbocycles. The number of allylic oxidation sites excluding steroid dienone is 4. The van der Waals surface area contributed by atoms with Crippen molar-refractivity contribution < 1.29 is 14.6 Å². The van der Waals surface area contributed by atoms with Gasteiger partial charge in [0, 0.05) is 70.1 Å². The van der Waals surface area contributed by atoms with Crippen molar-refractivity contribution in [3.8, 4) is 17.6 Å². The Morgan fingerprint density at radius 1 is 1.18 bits per heavy atom. The lowest BCUT2D eigenvalue weighted by atomic mass is 10.0. The number of rotatable bonds is 14. The maximum atomic E-state index is 9.90. The molecule has 0 bridgehead atoms. The number of likely N-dealkylation sites (tertiary alicyclic amines) is 1. The van der Waals surface area contributed by atoms with Gasteiger partial charge in [0.15, 0.2) is 0 Å². The lowest BCUT2D eigenvalue weighted by molar-refractivity contribution is -0.108. The van der Waals surface area contributed by atoms with E-state index in [1.807, 2.05) is 49.4 Å². The molecule has 4 rings (SSSR count). The molecule has 1 aliphatic heterocycles. The third kappa shape index (κ3) is 12.1. The van der Waals surface area contributed by atoms with Crippen molar-refractivity contribution in [1.82, 2.24) is 25.4 Å².